The minimum atomic E-state index is -1.08. The predicted octanol–water partition coefficient (Wildman–Crippen LogP) is 2.88. The summed E-state index contributed by atoms with van der Waals surface area (Å²) >= 11 is 5.87. The number of carbonyl (C=O) groups excluding carboxylic acids is 1. The van der Waals surface area contributed by atoms with Crippen LogP contribution in [0.25, 0.3) is 0 Å². The first-order valence-corrected chi connectivity index (χ1v) is 5.33. The van der Waals surface area contributed by atoms with E-state index >= 15 is 0 Å². The number of anilines is 1. The molecule has 0 saturated heterocycles. The molecule has 0 unspecified atom stereocenters. The Morgan fingerprint density at radius 1 is 1.28 bits per heavy atom. The molecule has 2 rings (SSSR count). The number of carboxylic acid groups (broad SMARTS) is 1. The average molecular weight is 266 g/mol. The van der Waals surface area contributed by atoms with E-state index in [2.05, 4.69) is 5.32 Å². The molecule has 0 aliphatic heterocycles. The molecule has 2 aromatic rings. The summed E-state index contributed by atoms with van der Waals surface area (Å²) in [6.45, 7) is 0. The third-order valence-corrected chi connectivity index (χ3v) is 2.52. The molecule has 0 saturated carbocycles. The highest BCUT2D eigenvalue weighted by Crippen LogP contribution is 2.23. The lowest BCUT2D eigenvalue weighted by atomic mass is 10.2. The van der Waals surface area contributed by atoms with Crippen molar-refractivity contribution in [1.29, 1.82) is 0 Å². The smallest absolute Gasteiger partial charge is 0.335 e. The van der Waals surface area contributed by atoms with Crippen molar-refractivity contribution in [3.8, 4) is 0 Å². The minimum Gasteiger partial charge on any atom is -0.478 e. The average Bonchev–Trinajstić information content (AvgIpc) is 2.85. The Labute approximate surface area is 107 Å². The van der Waals surface area contributed by atoms with E-state index in [0.29, 0.717) is 5.69 Å². The maximum atomic E-state index is 11.7. The summed E-state index contributed by atoms with van der Waals surface area (Å²) in [4.78, 5) is 22.4. The van der Waals surface area contributed by atoms with Gasteiger partial charge >= 0.3 is 5.97 Å². The molecule has 0 aliphatic rings. The minimum absolute atomic E-state index is 0.0518. The molecule has 92 valence electrons. The van der Waals surface area contributed by atoms with Gasteiger partial charge in [-0.1, -0.05) is 11.6 Å². The van der Waals surface area contributed by atoms with Crippen LogP contribution in [0.1, 0.15) is 20.9 Å². The first-order valence-electron chi connectivity index (χ1n) is 4.95. The molecule has 2 N–H and O–H groups in total. The Balaban J connectivity index is 2.20. The molecule has 0 radical (unpaired) electrons. The van der Waals surface area contributed by atoms with E-state index in [4.69, 9.17) is 21.1 Å². The van der Waals surface area contributed by atoms with E-state index in [1.54, 1.807) is 6.07 Å². The van der Waals surface area contributed by atoms with Crippen molar-refractivity contribution in [1.82, 2.24) is 0 Å². The molecule has 1 aromatic carbocycles. The predicted molar refractivity (Wildman–Crippen MR) is 65.1 cm³/mol. The standard InChI is InChI=1S/C12H8ClNO4/c13-8-6-7(12(16)17)3-4-9(8)14-11(15)10-2-1-5-18-10/h1-6H,(H,14,15)(H,16,17). The van der Waals surface area contributed by atoms with Gasteiger partial charge in [0.1, 0.15) is 0 Å². The molecular formula is C12H8ClNO4. The van der Waals surface area contributed by atoms with Gasteiger partial charge in [-0.05, 0) is 30.3 Å². The Morgan fingerprint density at radius 3 is 2.61 bits per heavy atom. The van der Waals surface area contributed by atoms with Crippen LogP contribution in [-0.4, -0.2) is 17.0 Å². The summed E-state index contributed by atoms with van der Waals surface area (Å²) in [6.07, 6.45) is 1.38. The third kappa shape index (κ3) is 2.52. The van der Waals surface area contributed by atoms with Crippen molar-refractivity contribution in [2.75, 3.05) is 5.32 Å². The van der Waals surface area contributed by atoms with Crippen LogP contribution in [0.15, 0.2) is 41.0 Å². The maximum absolute atomic E-state index is 11.7. The molecule has 0 bridgehead atoms. The largest absolute Gasteiger partial charge is 0.478 e. The van der Waals surface area contributed by atoms with Gasteiger partial charge in [-0.25, -0.2) is 4.79 Å². The van der Waals surface area contributed by atoms with Crippen molar-refractivity contribution in [3.05, 3.63) is 52.9 Å². The van der Waals surface area contributed by atoms with Crippen molar-refractivity contribution in [3.63, 3.8) is 0 Å². The molecule has 18 heavy (non-hydrogen) atoms. The summed E-state index contributed by atoms with van der Waals surface area (Å²) in [6, 6.07) is 7.14. The van der Waals surface area contributed by atoms with E-state index in [0.717, 1.165) is 0 Å². The summed E-state index contributed by atoms with van der Waals surface area (Å²) in [5.74, 6) is -1.39. The fourth-order valence-corrected chi connectivity index (χ4v) is 1.57. The number of hydrogen-bond acceptors (Lipinski definition) is 3. The van der Waals surface area contributed by atoms with Crippen LogP contribution < -0.4 is 5.32 Å². The Kier molecular flexibility index (Phi) is 3.34. The number of nitrogens with one attached hydrogen (secondary N) is 1. The van der Waals surface area contributed by atoms with Gasteiger partial charge in [-0.3, -0.25) is 4.79 Å². The van der Waals surface area contributed by atoms with E-state index in [-0.39, 0.29) is 16.3 Å². The second kappa shape index (κ2) is 4.93. The summed E-state index contributed by atoms with van der Waals surface area (Å²) < 4.78 is 4.92. The fourth-order valence-electron chi connectivity index (χ4n) is 1.34. The molecule has 1 heterocycles. The van der Waals surface area contributed by atoms with Crippen molar-refractivity contribution in [2.45, 2.75) is 0 Å². The Morgan fingerprint density at radius 2 is 2.06 bits per heavy atom. The van der Waals surface area contributed by atoms with Gasteiger partial charge in [0.05, 0.1) is 22.5 Å². The fraction of sp³-hybridized carbons (Fsp3) is 0. The number of furan rings is 1. The first kappa shape index (κ1) is 12.2. The van der Waals surface area contributed by atoms with Gasteiger partial charge in [0, 0.05) is 0 Å². The Hall–Kier alpha value is -2.27. The van der Waals surface area contributed by atoms with E-state index in [1.807, 2.05) is 0 Å². The van der Waals surface area contributed by atoms with Crippen LogP contribution in [-0.2, 0) is 0 Å². The van der Waals surface area contributed by atoms with Crippen LogP contribution in [0.4, 0.5) is 5.69 Å². The second-order valence-corrected chi connectivity index (χ2v) is 3.84. The van der Waals surface area contributed by atoms with E-state index < -0.39 is 11.9 Å². The number of aromatic carboxylic acids is 1. The molecule has 1 aromatic heterocycles. The molecule has 0 fully saturated rings. The van der Waals surface area contributed by atoms with E-state index in [1.165, 1.54) is 30.5 Å². The topological polar surface area (TPSA) is 79.5 Å². The van der Waals surface area contributed by atoms with Gasteiger partial charge in [0.15, 0.2) is 5.76 Å². The highest BCUT2D eigenvalue weighted by atomic mass is 35.5. The number of halogens is 1. The van der Waals surface area contributed by atoms with Crippen molar-refractivity contribution in [2.24, 2.45) is 0 Å². The van der Waals surface area contributed by atoms with Crippen LogP contribution in [0.2, 0.25) is 5.02 Å². The number of rotatable bonds is 3. The normalized spacial score (nSPS) is 10.1. The number of hydrogen-bond donors (Lipinski definition) is 2. The zero-order chi connectivity index (χ0) is 13.1. The molecule has 0 aliphatic carbocycles. The maximum Gasteiger partial charge on any atom is 0.335 e. The number of benzene rings is 1. The quantitative estimate of drug-likeness (QED) is 0.894. The zero-order valence-electron chi connectivity index (χ0n) is 9.01. The van der Waals surface area contributed by atoms with Gasteiger partial charge in [-0.15, -0.1) is 0 Å². The molecule has 6 heteroatoms. The van der Waals surface area contributed by atoms with Crippen molar-refractivity contribution >= 4 is 29.2 Å². The third-order valence-electron chi connectivity index (χ3n) is 2.21. The van der Waals surface area contributed by atoms with Gasteiger partial charge in [0.2, 0.25) is 0 Å². The molecule has 0 spiro atoms. The van der Waals surface area contributed by atoms with E-state index in [9.17, 15) is 9.59 Å². The second-order valence-electron chi connectivity index (χ2n) is 3.43. The van der Waals surface area contributed by atoms with Gasteiger partial charge < -0.3 is 14.8 Å². The Bertz CT molecular complexity index is 592. The monoisotopic (exact) mass is 265 g/mol. The molecular weight excluding hydrogens is 258 g/mol. The highest BCUT2D eigenvalue weighted by molar-refractivity contribution is 6.34. The first-order chi connectivity index (χ1) is 8.58. The summed E-state index contributed by atoms with van der Waals surface area (Å²) in [5.41, 5.74) is 0.374. The number of amides is 1. The van der Waals surface area contributed by atoms with Crippen molar-refractivity contribution < 1.29 is 19.1 Å². The van der Waals surface area contributed by atoms with Gasteiger partial charge in [-0.2, -0.15) is 0 Å². The lowest BCUT2D eigenvalue weighted by Gasteiger charge is -2.06. The van der Waals surface area contributed by atoms with Crippen LogP contribution in [0, 0.1) is 0 Å². The van der Waals surface area contributed by atoms with Crippen LogP contribution in [0.5, 0.6) is 0 Å². The van der Waals surface area contributed by atoms with Crippen LogP contribution in [0.3, 0.4) is 0 Å². The van der Waals surface area contributed by atoms with Crippen LogP contribution >= 0.6 is 11.6 Å². The molecule has 1 amide bonds. The number of carboxylic acids is 1. The summed E-state index contributed by atoms with van der Waals surface area (Å²) in [5, 5.41) is 11.4. The van der Waals surface area contributed by atoms with Gasteiger partial charge in [0.25, 0.3) is 5.91 Å². The highest BCUT2D eigenvalue weighted by Gasteiger charge is 2.12. The lowest BCUT2D eigenvalue weighted by Crippen LogP contribution is -2.11. The lowest BCUT2D eigenvalue weighted by molar-refractivity contribution is 0.0696. The zero-order valence-corrected chi connectivity index (χ0v) is 9.77. The summed E-state index contributed by atoms with van der Waals surface area (Å²) in [7, 11) is 0. The number of carbonyl (C=O) groups is 2. The SMILES string of the molecule is O=C(O)c1ccc(NC(=O)c2ccco2)c(Cl)c1. The molecule has 0 atom stereocenters. The molecule has 5 nitrogen and oxygen atoms in total.